The maximum atomic E-state index is 11.7. The molecule has 1 unspecified atom stereocenters. The molecule has 1 atom stereocenters. The summed E-state index contributed by atoms with van der Waals surface area (Å²) in [5, 5.41) is 12.2. The first-order chi connectivity index (χ1) is 10.6. The van der Waals surface area contributed by atoms with Crippen molar-refractivity contribution in [3.63, 3.8) is 0 Å². The monoisotopic (exact) mass is 323 g/mol. The fraction of sp³-hybridized carbons (Fsp3) is 0.571. The number of carbonyl (C=O) groups excluding carboxylic acids is 1. The van der Waals surface area contributed by atoms with Crippen LogP contribution in [0.4, 0.5) is 0 Å². The van der Waals surface area contributed by atoms with E-state index in [-0.39, 0.29) is 11.9 Å². The summed E-state index contributed by atoms with van der Waals surface area (Å²) < 4.78 is 4.91. The third kappa shape index (κ3) is 4.60. The van der Waals surface area contributed by atoms with Gasteiger partial charge in [0.05, 0.1) is 23.9 Å². The van der Waals surface area contributed by atoms with E-state index >= 15 is 0 Å². The van der Waals surface area contributed by atoms with Crippen LogP contribution in [0.15, 0.2) is 10.9 Å². The molecule has 0 amide bonds. The number of nitrogens with one attached hydrogen (secondary N) is 2. The fourth-order valence-electron chi connectivity index (χ4n) is 2.03. The summed E-state index contributed by atoms with van der Waals surface area (Å²) in [5.74, 6) is 0.685. The van der Waals surface area contributed by atoms with E-state index in [1.54, 1.807) is 18.3 Å². The van der Waals surface area contributed by atoms with Crippen LogP contribution >= 0.6 is 11.3 Å². The maximum Gasteiger partial charge on any atom is 0.378 e. The van der Waals surface area contributed by atoms with E-state index in [0.717, 1.165) is 12.1 Å². The van der Waals surface area contributed by atoms with Crippen molar-refractivity contribution in [2.45, 2.75) is 39.8 Å². The average molecular weight is 323 g/mol. The molecule has 0 aliphatic carbocycles. The molecule has 7 nitrogen and oxygen atoms in total. The molecule has 0 spiro atoms. The number of hydrogen-bond acceptors (Lipinski definition) is 7. The molecule has 22 heavy (non-hydrogen) atoms. The van der Waals surface area contributed by atoms with Gasteiger partial charge in [-0.15, -0.1) is 16.4 Å². The highest BCUT2D eigenvalue weighted by Gasteiger charge is 2.20. The Morgan fingerprint density at radius 2 is 2.32 bits per heavy atom. The normalized spacial score (nSPS) is 12.5. The highest BCUT2D eigenvalue weighted by Crippen LogP contribution is 2.19. The van der Waals surface area contributed by atoms with Gasteiger partial charge in [-0.25, -0.2) is 14.8 Å². The van der Waals surface area contributed by atoms with Crippen LogP contribution in [0.2, 0.25) is 0 Å². The first-order valence-electron chi connectivity index (χ1n) is 7.30. The van der Waals surface area contributed by atoms with E-state index in [2.05, 4.69) is 39.3 Å². The molecule has 120 valence electrons. The summed E-state index contributed by atoms with van der Waals surface area (Å²) in [6, 6.07) is -0.0163. The highest BCUT2D eigenvalue weighted by atomic mass is 32.1. The summed E-state index contributed by atoms with van der Waals surface area (Å²) in [6.07, 6.45) is 0.877. The van der Waals surface area contributed by atoms with Crippen molar-refractivity contribution in [3.8, 4) is 0 Å². The van der Waals surface area contributed by atoms with Crippen molar-refractivity contribution in [2.75, 3.05) is 6.61 Å². The van der Waals surface area contributed by atoms with E-state index in [1.807, 2.05) is 10.9 Å². The quantitative estimate of drug-likeness (QED) is 0.724. The van der Waals surface area contributed by atoms with E-state index in [4.69, 9.17) is 4.74 Å². The molecular weight excluding hydrogens is 302 g/mol. The molecule has 0 aliphatic heterocycles. The lowest BCUT2D eigenvalue weighted by Crippen LogP contribution is -2.24. The highest BCUT2D eigenvalue weighted by molar-refractivity contribution is 7.07. The van der Waals surface area contributed by atoms with Gasteiger partial charge in [-0.1, -0.05) is 13.8 Å². The van der Waals surface area contributed by atoms with Gasteiger partial charge in [-0.05, 0) is 19.3 Å². The molecule has 2 aromatic heterocycles. The number of aromatic nitrogens is 4. The van der Waals surface area contributed by atoms with Crippen LogP contribution in [-0.4, -0.2) is 32.7 Å². The van der Waals surface area contributed by atoms with Crippen molar-refractivity contribution in [2.24, 2.45) is 5.92 Å². The lowest BCUT2D eigenvalue weighted by molar-refractivity contribution is 0.0512. The number of rotatable bonds is 8. The van der Waals surface area contributed by atoms with Crippen LogP contribution in [0.3, 0.4) is 0 Å². The molecule has 2 heterocycles. The summed E-state index contributed by atoms with van der Waals surface area (Å²) in [5.41, 5.74) is 2.80. The molecule has 2 N–H and O–H groups in total. The van der Waals surface area contributed by atoms with Gasteiger partial charge in [-0.3, -0.25) is 5.10 Å². The molecule has 2 aromatic rings. The predicted molar refractivity (Wildman–Crippen MR) is 83.5 cm³/mol. The summed E-state index contributed by atoms with van der Waals surface area (Å²) in [7, 11) is 0. The number of thiazole rings is 1. The summed E-state index contributed by atoms with van der Waals surface area (Å²) in [4.78, 5) is 20.2. The van der Waals surface area contributed by atoms with Gasteiger partial charge in [-0.2, -0.15) is 0 Å². The lowest BCUT2D eigenvalue weighted by Gasteiger charge is -2.17. The second kappa shape index (κ2) is 8.00. The van der Waals surface area contributed by atoms with E-state index in [1.165, 1.54) is 0 Å². The van der Waals surface area contributed by atoms with Crippen LogP contribution in [0.5, 0.6) is 0 Å². The molecule has 8 heteroatoms. The Kier molecular flexibility index (Phi) is 6.02. The Morgan fingerprint density at radius 1 is 1.50 bits per heavy atom. The van der Waals surface area contributed by atoms with Crippen molar-refractivity contribution >= 4 is 17.3 Å². The number of aromatic amines is 1. The third-order valence-corrected chi connectivity index (χ3v) is 3.65. The fourth-order valence-corrected chi connectivity index (χ4v) is 2.59. The molecule has 0 aromatic carbocycles. The van der Waals surface area contributed by atoms with Crippen LogP contribution in [-0.2, 0) is 11.3 Å². The zero-order valence-electron chi connectivity index (χ0n) is 13.0. The third-order valence-electron chi connectivity index (χ3n) is 3.01. The van der Waals surface area contributed by atoms with Gasteiger partial charge in [0.1, 0.15) is 5.82 Å². The van der Waals surface area contributed by atoms with Gasteiger partial charge in [0.25, 0.3) is 5.82 Å². The van der Waals surface area contributed by atoms with E-state index in [0.29, 0.717) is 24.9 Å². The Bertz CT molecular complexity index is 582. The number of nitrogens with zero attached hydrogens (tertiary/aromatic N) is 3. The molecular formula is C14H21N5O2S. The Labute approximate surface area is 133 Å². The molecule has 0 saturated carbocycles. The second-order valence-corrected chi connectivity index (χ2v) is 6.03. The largest absolute Gasteiger partial charge is 0.460 e. The van der Waals surface area contributed by atoms with Gasteiger partial charge in [0.15, 0.2) is 0 Å². The molecule has 0 fully saturated rings. The lowest BCUT2D eigenvalue weighted by atomic mass is 10.0. The van der Waals surface area contributed by atoms with Crippen LogP contribution in [0.1, 0.15) is 55.4 Å². The number of hydrogen-bond donors (Lipinski definition) is 2. The first kappa shape index (κ1) is 16.6. The van der Waals surface area contributed by atoms with Crippen LogP contribution in [0, 0.1) is 5.92 Å². The molecule has 0 aliphatic rings. The second-order valence-electron chi connectivity index (χ2n) is 5.31. The number of carbonyl (C=O) groups is 1. The van der Waals surface area contributed by atoms with Crippen LogP contribution in [0.25, 0.3) is 0 Å². The van der Waals surface area contributed by atoms with Gasteiger partial charge in [0.2, 0.25) is 0 Å². The van der Waals surface area contributed by atoms with Crippen molar-refractivity contribution in [3.05, 3.63) is 28.2 Å². The van der Waals surface area contributed by atoms with E-state index < -0.39 is 5.97 Å². The Balaban J connectivity index is 2.06. The zero-order chi connectivity index (χ0) is 15.9. The van der Waals surface area contributed by atoms with Crippen molar-refractivity contribution < 1.29 is 9.53 Å². The average Bonchev–Trinajstić information content (AvgIpc) is 3.14. The molecule has 2 rings (SSSR count). The molecule has 0 radical (unpaired) electrons. The van der Waals surface area contributed by atoms with Crippen molar-refractivity contribution in [1.29, 1.82) is 0 Å². The van der Waals surface area contributed by atoms with E-state index in [9.17, 15) is 4.79 Å². The zero-order valence-corrected chi connectivity index (χ0v) is 13.8. The topological polar surface area (TPSA) is 92.8 Å². The maximum absolute atomic E-state index is 11.7. The Morgan fingerprint density at radius 3 is 2.95 bits per heavy atom. The smallest absolute Gasteiger partial charge is 0.378 e. The minimum Gasteiger partial charge on any atom is -0.460 e. The first-order valence-corrected chi connectivity index (χ1v) is 8.24. The Hall–Kier alpha value is -1.80. The van der Waals surface area contributed by atoms with Crippen LogP contribution < -0.4 is 5.32 Å². The molecule has 0 bridgehead atoms. The number of esters is 1. The predicted octanol–water partition coefficient (Wildman–Crippen LogP) is 2.31. The number of H-pyrrole nitrogens is 1. The van der Waals surface area contributed by atoms with Crippen molar-refractivity contribution in [1.82, 2.24) is 25.5 Å². The van der Waals surface area contributed by atoms with Gasteiger partial charge < -0.3 is 10.1 Å². The molecule has 0 saturated heterocycles. The standard InChI is InChI=1S/C14H21N5O2S/c1-4-21-14(20)13-17-12(18-19-13)11(5-9(2)3)15-6-10-7-22-8-16-10/h7-9,11,15H,4-6H2,1-3H3,(H,17,18,19). The van der Waals surface area contributed by atoms with Gasteiger partial charge >= 0.3 is 5.97 Å². The SMILES string of the molecule is CCOC(=O)c1n[nH]c(C(CC(C)C)NCc2cscn2)n1. The summed E-state index contributed by atoms with van der Waals surface area (Å²) >= 11 is 1.57. The van der Waals surface area contributed by atoms with Gasteiger partial charge in [0, 0.05) is 11.9 Å². The minimum atomic E-state index is -0.507. The number of ether oxygens (including phenoxy) is 1. The minimum absolute atomic E-state index is 0.0163. The summed E-state index contributed by atoms with van der Waals surface area (Å²) in [6.45, 7) is 6.99.